The van der Waals surface area contributed by atoms with Crippen LogP contribution < -0.4 is 0 Å². The van der Waals surface area contributed by atoms with Crippen LogP contribution in [-0.2, 0) is 10.9 Å². The fourth-order valence-corrected chi connectivity index (χ4v) is 1.76. The van der Waals surface area contributed by atoms with Crippen LogP contribution in [0, 0.1) is 0 Å². The minimum absolute atomic E-state index is 0.0184. The van der Waals surface area contributed by atoms with E-state index < -0.39 is 17.8 Å². The van der Waals surface area contributed by atoms with Crippen molar-refractivity contribution in [1.29, 1.82) is 0 Å². The summed E-state index contributed by atoms with van der Waals surface area (Å²) in [4.78, 5) is 0. The molecule has 0 saturated heterocycles. The Morgan fingerprint density at radius 1 is 1.41 bits per heavy atom. The van der Waals surface area contributed by atoms with E-state index in [0.29, 0.717) is 6.61 Å². The standard InChI is InChI=1S/C11H12BrF3O2/c1-2-17-6-10(16)7-3-4-9(12)8(5-7)11(13,14)15/h3-5,10,16H,2,6H2,1H3. The van der Waals surface area contributed by atoms with Gasteiger partial charge in [-0.15, -0.1) is 0 Å². The van der Waals surface area contributed by atoms with E-state index in [1.807, 2.05) is 0 Å². The van der Waals surface area contributed by atoms with E-state index in [1.54, 1.807) is 6.92 Å². The second-order valence-electron chi connectivity index (χ2n) is 3.41. The number of halogens is 4. The van der Waals surface area contributed by atoms with Gasteiger partial charge in [0.1, 0.15) is 6.10 Å². The summed E-state index contributed by atoms with van der Waals surface area (Å²) in [6, 6.07) is 3.63. The summed E-state index contributed by atoms with van der Waals surface area (Å²) in [5, 5.41) is 9.63. The van der Waals surface area contributed by atoms with Crippen LogP contribution in [0.1, 0.15) is 24.2 Å². The van der Waals surface area contributed by atoms with E-state index >= 15 is 0 Å². The van der Waals surface area contributed by atoms with Gasteiger partial charge in [-0.25, -0.2) is 0 Å². The van der Waals surface area contributed by atoms with Gasteiger partial charge in [0, 0.05) is 11.1 Å². The Labute approximate surface area is 106 Å². The molecular weight excluding hydrogens is 301 g/mol. The highest BCUT2D eigenvalue weighted by molar-refractivity contribution is 9.10. The fraction of sp³-hybridized carbons (Fsp3) is 0.455. The minimum atomic E-state index is -4.44. The van der Waals surface area contributed by atoms with Crippen molar-refractivity contribution >= 4 is 15.9 Å². The Balaban J connectivity index is 2.96. The lowest BCUT2D eigenvalue weighted by Gasteiger charge is -2.14. The first-order valence-corrected chi connectivity index (χ1v) is 5.78. The molecule has 0 fully saturated rings. The van der Waals surface area contributed by atoms with E-state index in [0.717, 1.165) is 6.07 Å². The summed E-state index contributed by atoms with van der Waals surface area (Å²) in [5.74, 6) is 0. The van der Waals surface area contributed by atoms with E-state index in [1.165, 1.54) is 12.1 Å². The van der Waals surface area contributed by atoms with Crippen LogP contribution in [-0.4, -0.2) is 18.3 Å². The summed E-state index contributed by atoms with van der Waals surface area (Å²) in [6.07, 6.45) is -5.50. The number of aliphatic hydroxyl groups is 1. The van der Waals surface area contributed by atoms with Crippen LogP contribution in [0.15, 0.2) is 22.7 Å². The van der Waals surface area contributed by atoms with Crippen LogP contribution in [0.2, 0.25) is 0 Å². The molecule has 1 atom stereocenters. The van der Waals surface area contributed by atoms with Gasteiger partial charge in [-0.05, 0) is 24.6 Å². The van der Waals surface area contributed by atoms with Gasteiger partial charge in [0.25, 0.3) is 0 Å². The smallest absolute Gasteiger partial charge is 0.386 e. The number of alkyl halides is 3. The second-order valence-corrected chi connectivity index (χ2v) is 4.27. The zero-order chi connectivity index (χ0) is 13.1. The molecule has 0 aliphatic rings. The average molecular weight is 313 g/mol. The van der Waals surface area contributed by atoms with Crippen molar-refractivity contribution in [2.75, 3.05) is 13.2 Å². The Hall–Kier alpha value is -0.590. The maximum Gasteiger partial charge on any atom is 0.417 e. The summed E-state index contributed by atoms with van der Waals surface area (Å²) < 4.78 is 42.7. The van der Waals surface area contributed by atoms with Crippen LogP contribution in [0.3, 0.4) is 0 Å². The van der Waals surface area contributed by atoms with Crippen LogP contribution >= 0.6 is 15.9 Å². The van der Waals surface area contributed by atoms with Gasteiger partial charge in [0.15, 0.2) is 0 Å². The summed E-state index contributed by atoms with van der Waals surface area (Å²) in [5.41, 5.74) is -0.612. The third-order valence-electron chi connectivity index (χ3n) is 2.16. The average Bonchev–Trinajstić information content (AvgIpc) is 2.25. The summed E-state index contributed by atoms with van der Waals surface area (Å²) in [7, 11) is 0. The van der Waals surface area contributed by atoms with Gasteiger partial charge in [-0.1, -0.05) is 22.0 Å². The van der Waals surface area contributed by atoms with Crippen molar-refractivity contribution in [3.63, 3.8) is 0 Å². The number of aliphatic hydroxyl groups excluding tert-OH is 1. The molecule has 0 amide bonds. The number of hydrogen-bond donors (Lipinski definition) is 1. The molecular formula is C11H12BrF3O2. The van der Waals surface area contributed by atoms with Gasteiger partial charge in [0.05, 0.1) is 12.2 Å². The molecule has 0 heterocycles. The van der Waals surface area contributed by atoms with Crippen molar-refractivity contribution in [2.24, 2.45) is 0 Å². The SMILES string of the molecule is CCOCC(O)c1ccc(Br)c(C(F)(F)F)c1. The van der Waals surface area contributed by atoms with Crippen LogP contribution in [0.25, 0.3) is 0 Å². The number of hydrogen-bond acceptors (Lipinski definition) is 2. The van der Waals surface area contributed by atoms with Gasteiger partial charge < -0.3 is 9.84 Å². The van der Waals surface area contributed by atoms with Gasteiger partial charge in [0.2, 0.25) is 0 Å². The molecule has 0 aliphatic heterocycles. The topological polar surface area (TPSA) is 29.5 Å². The molecule has 0 aromatic heterocycles. The van der Waals surface area contributed by atoms with Crippen molar-refractivity contribution in [1.82, 2.24) is 0 Å². The highest BCUT2D eigenvalue weighted by Crippen LogP contribution is 2.36. The molecule has 0 bridgehead atoms. The summed E-state index contributed by atoms with van der Waals surface area (Å²) >= 11 is 2.84. The molecule has 6 heteroatoms. The maximum absolute atomic E-state index is 12.6. The molecule has 2 nitrogen and oxygen atoms in total. The Morgan fingerprint density at radius 3 is 2.59 bits per heavy atom. The monoisotopic (exact) mass is 312 g/mol. The predicted octanol–water partition coefficient (Wildman–Crippen LogP) is 3.54. The first-order chi connectivity index (χ1) is 7.86. The minimum Gasteiger partial charge on any atom is -0.386 e. The fourth-order valence-electron chi connectivity index (χ4n) is 1.29. The lowest BCUT2D eigenvalue weighted by molar-refractivity contribution is -0.138. The molecule has 1 aromatic carbocycles. The quantitative estimate of drug-likeness (QED) is 0.921. The number of rotatable bonds is 4. The normalized spacial score (nSPS) is 13.8. The Kier molecular flexibility index (Phi) is 4.97. The van der Waals surface area contributed by atoms with E-state index in [4.69, 9.17) is 4.74 Å². The zero-order valence-electron chi connectivity index (χ0n) is 9.09. The third kappa shape index (κ3) is 3.97. The first kappa shape index (κ1) is 14.5. The predicted molar refractivity (Wildman–Crippen MR) is 60.6 cm³/mol. The molecule has 1 N–H and O–H groups in total. The van der Waals surface area contributed by atoms with Crippen LogP contribution in [0.4, 0.5) is 13.2 Å². The molecule has 0 saturated carbocycles. The van der Waals surface area contributed by atoms with Gasteiger partial charge in [-0.2, -0.15) is 13.2 Å². The highest BCUT2D eigenvalue weighted by Gasteiger charge is 2.33. The maximum atomic E-state index is 12.6. The molecule has 0 radical (unpaired) electrons. The molecule has 1 rings (SSSR count). The Bertz CT molecular complexity index is 379. The van der Waals surface area contributed by atoms with Crippen molar-refractivity contribution in [2.45, 2.75) is 19.2 Å². The first-order valence-electron chi connectivity index (χ1n) is 4.98. The van der Waals surface area contributed by atoms with Crippen molar-refractivity contribution in [3.05, 3.63) is 33.8 Å². The molecule has 1 unspecified atom stereocenters. The largest absolute Gasteiger partial charge is 0.417 e. The highest BCUT2D eigenvalue weighted by atomic mass is 79.9. The van der Waals surface area contributed by atoms with Crippen LogP contribution in [0.5, 0.6) is 0 Å². The lowest BCUT2D eigenvalue weighted by Crippen LogP contribution is -2.11. The lowest BCUT2D eigenvalue weighted by atomic mass is 10.1. The molecule has 96 valence electrons. The number of ether oxygens (including phenoxy) is 1. The second kappa shape index (κ2) is 5.84. The van der Waals surface area contributed by atoms with Crippen molar-refractivity contribution < 1.29 is 23.0 Å². The summed E-state index contributed by atoms with van der Waals surface area (Å²) in [6.45, 7) is 2.13. The zero-order valence-corrected chi connectivity index (χ0v) is 10.7. The van der Waals surface area contributed by atoms with Gasteiger partial charge >= 0.3 is 6.18 Å². The van der Waals surface area contributed by atoms with Crippen molar-refractivity contribution in [3.8, 4) is 0 Å². The van der Waals surface area contributed by atoms with E-state index in [2.05, 4.69) is 15.9 Å². The van der Waals surface area contributed by atoms with E-state index in [-0.39, 0.29) is 16.6 Å². The van der Waals surface area contributed by atoms with Gasteiger partial charge in [-0.3, -0.25) is 0 Å². The molecule has 17 heavy (non-hydrogen) atoms. The van der Waals surface area contributed by atoms with E-state index in [9.17, 15) is 18.3 Å². The molecule has 1 aromatic rings. The molecule has 0 spiro atoms. The number of benzene rings is 1. The third-order valence-corrected chi connectivity index (χ3v) is 2.85. The molecule has 0 aliphatic carbocycles. The Morgan fingerprint density at radius 2 is 2.06 bits per heavy atom.